The molecule has 0 fully saturated rings. The molecule has 0 saturated carbocycles. The zero-order valence-corrected chi connectivity index (χ0v) is 15.4. The summed E-state index contributed by atoms with van der Waals surface area (Å²) >= 11 is 2.13. The van der Waals surface area contributed by atoms with Crippen LogP contribution in [0.1, 0.15) is 20.7 Å². The van der Waals surface area contributed by atoms with E-state index >= 15 is 0 Å². The highest BCUT2D eigenvalue weighted by Gasteiger charge is 2.10. The van der Waals surface area contributed by atoms with Gasteiger partial charge in [-0.1, -0.05) is 36.4 Å². The number of hydrogen-bond donors (Lipinski definition) is 2. The largest absolute Gasteiger partial charge is 0.322 e. The number of anilines is 2. The molecule has 25 heavy (non-hydrogen) atoms. The van der Waals surface area contributed by atoms with Crippen molar-refractivity contribution in [1.82, 2.24) is 0 Å². The first-order valence-corrected chi connectivity index (χ1v) is 8.74. The summed E-state index contributed by atoms with van der Waals surface area (Å²) < 4.78 is 0.881. The fraction of sp³-hybridized carbons (Fsp3) is 0. The van der Waals surface area contributed by atoms with Gasteiger partial charge in [-0.2, -0.15) is 0 Å². The van der Waals surface area contributed by atoms with Crippen LogP contribution in [-0.2, 0) is 0 Å². The number of nitrogens with one attached hydrogen (secondary N) is 2. The van der Waals surface area contributed by atoms with Gasteiger partial charge in [-0.25, -0.2) is 0 Å². The normalized spacial score (nSPS) is 10.1. The second-order valence-electron chi connectivity index (χ2n) is 5.33. The summed E-state index contributed by atoms with van der Waals surface area (Å²) in [5.41, 5.74) is 2.43. The number of rotatable bonds is 4. The van der Waals surface area contributed by atoms with E-state index in [2.05, 4.69) is 33.2 Å². The Morgan fingerprint density at radius 1 is 0.680 bits per heavy atom. The molecule has 0 spiro atoms. The van der Waals surface area contributed by atoms with Crippen molar-refractivity contribution >= 4 is 45.8 Å². The first kappa shape index (κ1) is 17.2. The maximum Gasteiger partial charge on any atom is 0.256 e. The summed E-state index contributed by atoms with van der Waals surface area (Å²) in [4.78, 5) is 24.6. The lowest BCUT2D eigenvalue weighted by atomic mass is 10.2. The van der Waals surface area contributed by atoms with Gasteiger partial charge in [0.25, 0.3) is 11.8 Å². The first-order valence-electron chi connectivity index (χ1n) is 7.66. The highest BCUT2D eigenvalue weighted by atomic mass is 127. The van der Waals surface area contributed by atoms with Crippen molar-refractivity contribution in [3.63, 3.8) is 0 Å². The number of carbonyl (C=O) groups excluding carboxylic acids is 2. The molecule has 0 aromatic heterocycles. The first-order chi connectivity index (χ1) is 12.1. The quantitative estimate of drug-likeness (QED) is 0.571. The average molecular weight is 442 g/mol. The van der Waals surface area contributed by atoms with Gasteiger partial charge >= 0.3 is 0 Å². The fourth-order valence-corrected chi connectivity index (χ4v) is 2.94. The molecule has 0 saturated heterocycles. The highest BCUT2D eigenvalue weighted by Crippen LogP contribution is 2.18. The van der Waals surface area contributed by atoms with Gasteiger partial charge in [-0.15, -0.1) is 0 Å². The Hall–Kier alpha value is -2.67. The summed E-state index contributed by atoms with van der Waals surface area (Å²) in [6, 6.07) is 23.4. The number of carbonyl (C=O) groups is 2. The van der Waals surface area contributed by atoms with E-state index in [1.54, 1.807) is 42.5 Å². The third kappa shape index (κ3) is 4.45. The molecule has 0 aliphatic carbocycles. The van der Waals surface area contributed by atoms with E-state index < -0.39 is 0 Å². The van der Waals surface area contributed by atoms with Gasteiger partial charge in [0.2, 0.25) is 0 Å². The second kappa shape index (κ2) is 7.94. The molecule has 0 radical (unpaired) electrons. The zero-order chi connectivity index (χ0) is 17.6. The predicted octanol–water partition coefficient (Wildman–Crippen LogP) is 4.80. The van der Waals surface area contributed by atoms with Gasteiger partial charge in [-0.3, -0.25) is 9.59 Å². The van der Waals surface area contributed by atoms with E-state index in [-0.39, 0.29) is 11.8 Å². The Morgan fingerprint density at radius 2 is 1.28 bits per heavy atom. The third-order valence-electron chi connectivity index (χ3n) is 3.53. The molecule has 2 N–H and O–H groups in total. The van der Waals surface area contributed by atoms with Gasteiger partial charge in [0.1, 0.15) is 0 Å². The van der Waals surface area contributed by atoms with Gasteiger partial charge in [-0.05, 0) is 65.1 Å². The van der Waals surface area contributed by atoms with Crippen LogP contribution in [0.3, 0.4) is 0 Å². The monoisotopic (exact) mass is 442 g/mol. The molecule has 0 bridgehead atoms. The van der Waals surface area contributed by atoms with Crippen molar-refractivity contribution in [1.29, 1.82) is 0 Å². The number of benzene rings is 3. The second-order valence-corrected chi connectivity index (χ2v) is 6.50. The van der Waals surface area contributed by atoms with Crippen LogP contribution < -0.4 is 10.6 Å². The summed E-state index contributed by atoms with van der Waals surface area (Å²) in [5.74, 6) is -0.377. The lowest BCUT2D eigenvalue weighted by Gasteiger charge is -2.10. The van der Waals surface area contributed by atoms with Crippen LogP contribution in [0.2, 0.25) is 0 Å². The van der Waals surface area contributed by atoms with Gasteiger partial charge in [0, 0.05) is 20.5 Å². The van der Waals surface area contributed by atoms with Crippen molar-refractivity contribution in [3.8, 4) is 0 Å². The molecule has 3 aromatic rings. The van der Waals surface area contributed by atoms with Crippen LogP contribution in [0.15, 0.2) is 78.9 Å². The Kier molecular flexibility index (Phi) is 5.45. The van der Waals surface area contributed by atoms with E-state index in [9.17, 15) is 9.59 Å². The molecule has 124 valence electrons. The van der Waals surface area contributed by atoms with Crippen LogP contribution in [0.25, 0.3) is 0 Å². The zero-order valence-electron chi connectivity index (χ0n) is 13.2. The lowest BCUT2D eigenvalue weighted by Crippen LogP contribution is -2.14. The molecule has 0 unspecified atom stereocenters. The van der Waals surface area contributed by atoms with Gasteiger partial charge in [0.15, 0.2) is 0 Å². The fourth-order valence-electron chi connectivity index (χ4n) is 2.31. The molecule has 3 aromatic carbocycles. The Bertz CT molecular complexity index is 910. The minimum absolute atomic E-state index is 0.184. The summed E-state index contributed by atoms with van der Waals surface area (Å²) in [6.07, 6.45) is 0. The molecule has 5 heteroatoms. The standard InChI is InChI=1S/C20H15IN2O2/c21-18-12-5-4-11-17(18)20(25)23-16-10-6-9-15(13-16)22-19(24)14-7-2-1-3-8-14/h1-13H,(H,22,24)(H,23,25). The number of hydrogen-bond acceptors (Lipinski definition) is 2. The molecule has 3 rings (SSSR count). The van der Waals surface area contributed by atoms with E-state index in [1.807, 2.05) is 36.4 Å². The topological polar surface area (TPSA) is 58.2 Å². The van der Waals surface area contributed by atoms with Crippen LogP contribution >= 0.6 is 22.6 Å². The number of amides is 2. The maximum atomic E-state index is 12.4. The minimum Gasteiger partial charge on any atom is -0.322 e. The van der Waals surface area contributed by atoms with Crippen molar-refractivity contribution in [2.75, 3.05) is 10.6 Å². The Labute approximate surface area is 159 Å². The van der Waals surface area contributed by atoms with E-state index in [0.29, 0.717) is 22.5 Å². The molecular formula is C20H15IN2O2. The Balaban J connectivity index is 1.72. The molecule has 0 heterocycles. The third-order valence-corrected chi connectivity index (χ3v) is 4.47. The summed E-state index contributed by atoms with van der Waals surface area (Å²) in [6.45, 7) is 0. The smallest absolute Gasteiger partial charge is 0.256 e. The molecule has 0 aliphatic heterocycles. The van der Waals surface area contributed by atoms with Crippen LogP contribution in [0.5, 0.6) is 0 Å². The van der Waals surface area contributed by atoms with E-state index in [4.69, 9.17) is 0 Å². The lowest BCUT2D eigenvalue weighted by molar-refractivity contribution is 0.101. The van der Waals surface area contributed by atoms with Gasteiger partial charge < -0.3 is 10.6 Å². The highest BCUT2D eigenvalue weighted by molar-refractivity contribution is 14.1. The molecule has 0 atom stereocenters. The van der Waals surface area contributed by atoms with Crippen molar-refractivity contribution < 1.29 is 9.59 Å². The van der Waals surface area contributed by atoms with Crippen molar-refractivity contribution in [2.45, 2.75) is 0 Å². The van der Waals surface area contributed by atoms with Crippen LogP contribution in [0, 0.1) is 3.57 Å². The van der Waals surface area contributed by atoms with Gasteiger partial charge in [0.05, 0.1) is 5.56 Å². The van der Waals surface area contributed by atoms with E-state index in [0.717, 1.165) is 3.57 Å². The Morgan fingerprint density at radius 3 is 1.96 bits per heavy atom. The minimum atomic E-state index is -0.193. The average Bonchev–Trinajstić information content (AvgIpc) is 2.63. The molecule has 0 aliphatic rings. The van der Waals surface area contributed by atoms with Crippen LogP contribution in [0.4, 0.5) is 11.4 Å². The predicted molar refractivity (Wildman–Crippen MR) is 108 cm³/mol. The van der Waals surface area contributed by atoms with Crippen molar-refractivity contribution in [2.24, 2.45) is 0 Å². The summed E-state index contributed by atoms with van der Waals surface area (Å²) in [5, 5.41) is 5.69. The van der Waals surface area contributed by atoms with Crippen LogP contribution in [-0.4, -0.2) is 11.8 Å². The van der Waals surface area contributed by atoms with Crippen molar-refractivity contribution in [3.05, 3.63) is 93.6 Å². The SMILES string of the molecule is O=C(Nc1cccc(NC(=O)c2ccccc2I)c1)c1ccccc1. The molecule has 2 amide bonds. The molecular weight excluding hydrogens is 427 g/mol. The maximum absolute atomic E-state index is 12.4. The molecule has 4 nitrogen and oxygen atoms in total. The number of halogens is 1. The van der Waals surface area contributed by atoms with E-state index in [1.165, 1.54) is 0 Å². The summed E-state index contributed by atoms with van der Waals surface area (Å²) in [7, 11) is 0.